The summed E-state index contributed by atoms with van der Waals surface area (Å²) in [5.74, 6) is 1.18. The first-order valence-electron chi connectivity index (χ1n) is 10.1. The standard InChI is InChI=1S/C23H26N4O2/c1-17-9-6-7-12-20(17)29-16-8-15-26(2)23(28)21-22(18-13-14-18)27(25-24-21)19-10-4-3-5-11-19/h3-7,9-12,18H,8,13-16H2,1-2H3. The van der Waals surface area contributed by atoms with Crippen LogP contribution in [0.4, 0.5) is 0 Å². The summed E-state index contributed by atoms with van der Waals surface area (Å²) >= 11 is 0. The maximum atomic E-state index is 13.0. The lowest BCUT2D eigenvalue weighted by atomic mass is 10.2. The molecule has 2 aromatic carbocycles. The molecule has 3 aromatic rings. The van der Waals surface area contributed by atoms with Gasteiger partial charge in [0.15, 0.2) is 5.69 Å². The van der Waals surface area contributed by atoms with E-state index in [0.29, 0.717) is 24.8 Å². The Hall–Kier alpha value is -3.15. The zero-order valence-electron chi connectivity index (χ0n) is 16.9. The lowest BCUT2D eigenvalue weighted by Gasteiger charge is -2.17. The minimum atomic E-state index is -0.0787. The molecule has 29 heavy (non-hydrogen) atoms. The maximum absolute atomic E-state index is 13.0. The van der Waals surface area contributed by atoms with E-state index in [4.69, 9.17) is 4.74 Å². The van der Waals surface area contributed by atoms with Crippen LogP contribution in [0.15, 0.2) is 54.6 Å². The molecule has 0 spiro atoms. The van der Waals surface area contributed by atoms with E-state index in [1.54, 1.807) is 4.90 Å². The van der Waals surface area contributed by atoms with Gasteiger partial charge in [-0.2, -0.15) is 0 Å². The van der Waals surface area contributed by atoms with Gasteiger partial charge in [-0.05, 0) is 49.9 Å². The molecule has 1 aromatic heterocycles. The van der Waals surface area contributed by atoms with E-state index in [1.165, 1.54) is 0 Å². The molecule has 0 N–H and O–H groups in total. The van der Waals surface area contributed by atoms with Crippen molar-refractivity contribution in [3.63, 3.8) is 0 Å². The zero-order chi connectivity index (χ0) is 20.2. The predicted octanol–water partition coefficient (Wildman–Crippen LogP) is 3.99. The van der Waals surface area contributed by atoms with Crippen molar-refractivity contribution in [1.82, 2.24) is 19.9 Å². The molecular formula is C23H26N4O2. The Balaban J connectivity index is 1.40. The summed E-state index contributed by atoms with van der Waals surface area (Å²) in [4.78, 5) is 14.7. The number of carbonyl (C=O) groups excluding carboxylic acids is 1. The van der Waals surface area contributed by atoms with Gasteiger partial charge in [-0.3, -0.25) is 4.79 Å². The molecular weight excluding hydrogens is 364 g/mol. The van der Waals surface area contributed by atoms with Gasteiger partial charge >= 0.3 is 0 Å². The van der Waals surface area contributed by atoms with Gasteiger partial charge in [0.2, 0.25) is 0 Å². The van der Waals surface area contributed by atoms with Gasteiger partial charge in [0, 0.05) is 19.5 Å². The number of benzene rings is 2. The maximum Gasteiger partial charge on any atom is 0.276 e. The Morgan fingerprint density at radius 3 is 2.59 bits per heavy atom. The van der Waals surface area contributed by atoms with Crippen LogP contribution in [0.5, 0.6) is 5.75 Å². The minimum absolute atomic E-state index is 0.0787. The highest BCUT2D eigenvalue weighted by atomic mass is 16.5. The molecule has 0 unspecified atom stereocenters. The summed E-state index contributed by atoms with van der Waals surface area (Å²) in [6.07, 6.45) is 2.91. The van der Waals surface area contributed by atoms with Crippen LogP contribution in [-0.2, 0) is 0 Å². The van der Waals surface area contributed by atoms with Gasteiger partial charge in [0.05, 0.1) is 18.0 Å². The van der Waals surface area contributed by atoms with E-state index in [-0.39, 0.29) is 5.91 Å². The van der Waals surface area contributed by atoms with Crippen LogP contribution in [0.1, 0.15) is 46.9 Å². The second-order valence-electron chi connectivity index (χ2n) is 7.54. The third-order valence-corrected chi connectivity index (χ3v) is 5.21. The monoisotopic (exact) mass is 390 g/mol. The Labute approximate surface area is 171 Å². The fourth-order valence-corrected chi connectivity index (χ4v) is 3.41. The van der Waals surface area contributed by atoms with Crippen LogP contribution in [0.3, 0.4) is 0 Å². The molecule has 150 valence electrons. The summed E-state index contributed by atoms with van der Waals surface area (Å²) in [5.41, 5.74) is 3.46. The second kappa shape index (κ2) is 8.47. The number of hydrogen-bond acceptors (Lipinski definition) is 4. The number of hydrogen-bond donors (Lipinski definition) is 0. The average Bonchev–Trinajstić information content (AvgIpc) is 3.50. The quantitative estimate of drug-likeness (QED) is 0.546. The van der Waals surface area contributed by atoms with Gasteiger partial charge in [-0.1, -0.05) is 41.6 Å². The van der Waals surface area contributed by atoms with E-state index >= 15 is 0 Å². The summed E-state index contributed by atoms with van der Waals surface area (Å²) in [5, 5.41) is 8.54. The number of ether oxygens (including phenoxy) is 1. The smallest absolute Gasteiger partial charge is 0.276 e. The molecule has 0 aliphatic heterocycles. The van der Waals surface area contributed by atoms with E-state index < -0.39 is 0 Å². The van der Waals surface area contributed by atoms with Crippen molar-refractivity contribution in [3.05, 3.63) is 71.5 Å². The third-order valence-electron chi connectivity index (χ3n) is 5.21. The van der Waals surface area contributed by atoms with E-state index in [9.17, 15) is 4.79 Å². The third kappa shape index (κ3) is 4.31. The van der Waals surface area contributed by atoms with Crippen molar-refractivity contribution in [2.75, 3.05) is 20.2 Å². The fraction of sp³-hybridized carbons (Fsp3) is 0.348. The van der Waals surface area contributed by atoms with E-state index in [2.05, 4.69) is 10.3 Å². The first-order valence-corrected chi connectivity index (χ1v) is 10.1. The molecule has 1 aliphatic carbocycles. The van der Waals surface area contributed by atoms with Gasteiger partial charge < -0.3 is 9.64 Å². The highest BCUT2D eigenvalue weighted by Gasteiger charge is 2.35. The molecule has 1 saturated carbocycles. The molecule has 0 saturated heterocycles. The normalized spacial score (nSPS) is 13.3. The summed E-state index contributed by atoms with van der Waals surface area (Å²) in [6.45, 7) is 3.20. The van der Waals surface area contributed by atoms with Crippen LogP contribution >= 0.6 is 0 Å². The van der Waals surface area contributed by atoms with Crippen LogP contribution in [0.2, 0.25) is 0 Å². The summed E-state index contributed by atoms with van der Waals surface area (Å²) in [7, 11) is 1.81. The van der Waals surface area contributed by atoms with E-state index in [1.807, 2.05) is 73.3 Å². The van der Waals surface area contributed by atoms with Gasteiger partial charge in [-0.15, -0.1) is 5.10 Å². The predicted molar refractivity (Wildman–Crippen MR) is 112 cm³/mol. The number of aromatic nitrogens is 3. The second-order valence-corrected chi connectivity index (χ2v) is 7.54. The van der Waals surface area contributed by atoms with Crippen LogP contribution in [0, 0.1) is 6.92 Å². The minimum Gasteiger partial charge on any atom is -0.493 e. The van der Waals surface area contributed by atoms with Crippen LogP contribution < -0.4 is 4.74 Å². The number of aryl methyl sites for hydroxylation is 1. The number of carbonyl (C=O) groups is 1. The Morgan fingerprint density at radius 1 is 1.14 bits per heavy atom. The first kappa shape index (κ1) is 19.2. The summed E-state index contributed by atoms with van der Waals surface area (Å²) < 4.78 is 7.66. The summed E-state index contributed by atoms with van der Waals surface area (Å²) in [6, 6.07) is 17.8. The van der Waals surface area contributed by atoms with Crippen molar-refractivity contribution in [2.24, 2.45) is 0 Å². The molecule has 1 amide bonds. The highest BCUT2D eigenvalue weighted by Crippen LogP contribution is 2.42. The van der Waals surface area contributed by atoms with Gasteiger partial charge in [0.1, 0.15) is 5.75 Å². The highest BCUT2D eigenvalue weighted by molar-refractivity contribution is 5.93. The number of amides is 1. The Morgan fingerprint density at radius 2 is 1.86 bits per heavy atom. The number of rotatable bonds is 8. The molecule has 6 nitrogen and oxygen atoms in total. The zero-order valence-corrected chi connectivity index (χ0v) is 16.9. The fourth-order valence-electron chi connectivity index (χ4n) is 3.41. The van der Waals surface area contributed by atoms with Gasteiger partial charge in [-0.25, -0.2) is 4.68 Å². The molecule has 0 radical (unpaired) electrons. The van der Waals surface area contributed by atoms with Crippen LogP contribution in [-0.4, -0.2) is 46.0 Å². The molecule has 1 fully saturated rings. The molecule has 1 aliphatic rings. The van der Waals surface area contributed by atoms with Crippen LogP contribution in [0.25, 0.3) is 5.69 Å². The largest absolute Gasteiger partial charge is 0.493 e. The average molecular weight is 390 g/mol. The van der Waals surface area contributed by atoms with E-state index in [0.717, 1.165) is 42.0 Å². The Bertz CT molecular complexity index is 980. The van der Waals surface area contributed by atoms with Crippen molar-refractivity contribution in [3.8, 4) is 11.4 Å². The molecule has 0 atom stereocenters. The Kier molecular flexibility index (Phi) is 5.60. The number of nitrogens with zero attached hydrogens (tertiary/aromatic N) is 4. The first-order chi connectivity index (χ1) is 14.1. The SMILES string of the molecule is Cc1ccccc1OCCCN(C)C(=O)c1nnn(-c2ccccc2)c1C1CC1. The number of para-hydroxylation sites is 2. The molecule has 6 heteroatoms. The molecule has 1 heterocycles. The van der Waals surface area contributed by atoms with Crippen molar-refractivity contribution in [1.29, 1.82) is 0 Å². The van der Waals surface area contributed by atoms with Gasteiger partial charge in [0.25, 0.3) is 5.91 Å². The molecule has 4 rings (SSSR count). The lowest BCUT2D eigenvalue weighted by molar-refractivity contribution is 0.0780. The van der Waals surface area contributed by atoms with Crippen molar-refractivity contribution < 1.29 is 9.53 Å². The topological polar surface area (TPSA) is 60.2 Å². The lowest BCUT2D eigenvalue weighted by Crippen LogP contribution is -2.30. The van der Waals surface area contributed by atoms with Crippen molar-refractivity contribution in [2.45, 2.75) is 32.1 Å². The molecule has 0 bridgehead atoms. The van der Waals surface area contributed by atoms with Crippen molar-refractivity contribution >= 4 is 5.91 Å².